The van der Waals surface area contributed by atoms with E-state index in [9.17, 15) is 4.79 Å². The fraction of sp³-hybridized carbons (Fsp3) is 0.192. The maximum absolute atomic E-state index is 13.8. The van der Waals surface area contributed by atoms with Crippen LogP contribution in [0.3, 0.4) is 0 Å². The lowest BCUT2D eigenvalue weighted by molar-refractivity contribution is 0.0971. The van der Waals surface area contributed by atoms with Crippen molar-refractivity contribution in [3.63, 3.8) is 0 Å². The Morgan fingerprint density at radius 1 is 0.906 bits per heavy atom. The van der Waals surface area contributed by atoms with Gasteiger partial charge in [-0.05, 0) is 67.0 Å². The number of nitrogens with zero attached hydrogens (tertiary/aromatic N) is 3. The lowest BCUT2D eigenvalue weighted by Gasteiger charge is -2.34. The average Bonchev–Trinajstić information content (AvgIpc) is 2.85. The molecule has 0 saturated carbocycles. The van der Waals surface area contributed by atoms with Gasteiger partial charge in [-0.1, -0.05) is 48.5 Å². The van der Waals surface area contributed by atoms with Crippen molar-refractivity contribution in [3.8, 4) is 0 Å². The Bertz CT molecular complexity index is 1220. The summed E-state index contributed by atoms with van der Waals surface area (Å²) in [6, 6.07) is 25.7. The number of amides is 1. The summed E-state index contributed by atoms with van der Waals surface area (Å²) in [7, 11) is 0. The molecule has 2 heterocycles. The molecule has 0 unspecified atom stereocenters. The second kappa shape index (κ2) is 9.16. The van der Waals surface area contributed by atoms with E-state index in [1.165, 1.54) is 0 Å². The number of anilines is 3. The Balaban J connectivity index is 1.50. The van der Waals surface area contributed by atoms with Gasteiger partial charge in [-0.25, -0.2) is 4.98 Å². The second-order valence-electron chi connectivity index (χ2n) is 7.95. The number of hydrogen-bond donors (Lipinski definition) is 2. The van der Waals surface area contributed by atoms with Gasteiger partial charge in [-0.3, -0.25) is 9.69 Å². The summed E-state index contributed by atoms with van der Waals surface area (Å²) >= 11 is 0. The molecule has 3 aromatic carbocycles. The van der Waals surface area contributed by atoms with Crippen LogP contribution in [0.25, 0.3) is 10.8 Å². The lowest BCUT2D eigenvalue weighted by Crippen LogP contribution is -2.46. The first-order chi connectivity index (χ1) is 15.8. The molecule has 0 radical (unpaired) electrons. The largest absolute Gasteiger partial charge is 0.324 e. The number of fused-ring (bicyclic) bond motifs is 1. The van der Waals surface area contributed by atoms with E-state index in [0.29, 0.717) is 17.3 Å². The maximum Gasteiger partial charge on any atom is 0.259 e. The van der Waals surface area contributed by atoms with Gasteiger partial charge in [0.05, 0.1) is 0 Å². The van der Waals surface area contributed by atoms with Crippen molar-refractivity contribution >= 4 is 34.1 Å². The van der Waals surface area contributed by atoms with Crippen LogP contribution in [0.4, 0.5) is 17.5 Å². The van der Waals surface area contributed by atoms with Gasteiger partial charge in [0, 0.05) is 23.5 Å². The molecule has 4 aromatic rings. The van der Waals surface area contributed by atoms with Crippen molar-refractivity contribution in [2.24, 2.45) is 0 Å². The van der Waals surface area contributed by atoms with E-state index in [0.717, 1.165) is 42.4 Å². The predicted molar refractivity (Wildman–Crippen MR) is 128 cm³/mol. The van der Waals surface area contributed by atoms with E-state index in [4.69, 9.17) is 4.98 Å². The fourth-order valence-corrected chi connectivity index (χ4v) is 4.18. The molecule has 0 atom stereocenters. The van der Waals surface area contributed by atoms with E-state index in [2.05, 4.69) is 21.7 Å². The number of hydrogen-bond acceptors (Lipinski definition) is 5. The molecule has 1 aliphatic heterocycles. The van der Waals surface area contributed by atoms with Crippen LogP contribution in [0.15, 0.2) is 85.1 Å². The Morgan fingerprint density at radius 2 is 1.66 bits per heavy atom. The minimum Gasteiger partial charge on any atom is -0.324 e. The number of para-hydroxylation sites is 1. The molecule has 1 saturated heterocycles. The van der Waals surface area contributed by atoms with Gasteiger partial charge in [0.25, 0.3) is 5.91 Å². The molecule has 160 valence electrons. The SMILES string of the molecule is O=C(c1ccc2ccccc2c1)N(c1ccnc(Nc2ccccc2)n1)C1CCNCC1. The molecule has 1 fully saturated rings. The zero-order valence-electron chi connectivity index (χ0n) is 17.7. The minimum absolute atomic E-state index is 0.0352. The molecule has 5 rings (SSSR count). The highest BCUT2D eigenvalue weighted by Gasteiger charge is 2.29. The molecule has 0 bridgehead atoms. The summed E-state index contributed by atoms with van der Waals surface area (Å²) in [6.45, 7) is 1.76. The second-order valence-corrected chi connectivity index (χ2v) is 7.95. The standard InChI is InChI=1S/C26H25N5O/c32-25(21-11-10-19-6-4-5-7-20(19)18-21)31(23-12-15-27-16-13-23)24-14-17-28-26(30-24)29-22-8-2-1-3-9-22/h1-11,14,17-18,23,27H,12-13,15-16H2,(H,28,29,30). The van der Waals surface area contributed by atoms with Crippen LogP contribution in [-0.2, 0) is 0 Å². The highest BCUT2D eigenvalue weighted by atomic mass is 16.2. The van der Waals surface area contributed by atoms with E-state index in [1.807, 2.05) is 77.7 Å². The van der Waals surface area contributed by atoms with E-state index >= 15 is 0 Å². The van der Waals surface area contributed by atoms with Crippen LogP contribution in [0, 0.1) is 0 Å². The van der Waals surface area contributed by atoms with Gasteiger partial charge >= 0.3 is 0 Å². The van der Waals surface area contributed by atoms with E-state index in [-0.39, 0.29) is 11.9 Å². The van der Waals surface area contributed by atoms with Gasteiger partial charge in [0.2, 0.25) is 5.95 Å². The molecule has 32 heavy (non-hydrogen) atoms. The van der Waals surface area contributed by atoms with Gasteiger partial charge < -0.3 is 10.6 Å². The number of nitrogens with one attached hydrogen (secondary N) is 2. The van der Waals surface area contributed by atoms with Crippen LogP contribution in [0.2, 0.25) is 0 Å². The van der Waals surface area contributed by atoms with E-state index in [1.54, 1.807) is 6.20 Å². The Hall–Kier alpha value is -3.77. The lowest BCUT2D eigenvalue weighted by atomic mass is 10.0. The summed E-state index contributed by atoms with van der Waals surface area (Å²) in [5, 5.41) is 8.79. The van der Waals surface area contributed by atoms with Crippen molar-refractivity contribution in [1.82, 2.24) is 15.3 Å². The molecule has 1 aliphatic rings. The molecular formula is C26H25N5O. The molecule has 2 N–H and O–H groups in total. The van der Waals surface area contributed by atoms with Gasteiger partial charge in [0.15, 0.2) is 0 Å². The third-order valence-corrected chi connectivity index (χ3v) is 5.81. The predicted octanol–water partition coefficient (Wildman–Crippen LogP) is 4.77. The van der Waals surface area contributed by atoms with Crippen LogP contribution in [0.5, 0.6) is 0 Å². The van der Waals surface area contributed by atoms with Crippen molar-refractivity contribution in [3.05, 3.63) is 90.6 Å². The third kappa shape index (κ3) is 4.31. The fourth-order valence-electron chi connectivity index (χ4n) is 4.18. The molecule has 1 aromatic heterocycles. The molecule has 6 heteroatoms. The molecule has 0 spiro atoms. The zero-order valence-corrected chi connectivity index (χ0v) is 17.7. The topological polar surface area (TPSA) is 70.2 Å². The Kier molecular flexibility index (Phi) is 5.77. The molecular weight excluding hydrogens is 398 g/mol. The zero-order chi connectivity index (χ0) is 21.8. The highest BCUT2D eigenvalue weighted by molar-refractivity contribution is 6.08. The number of benzene rings is 3. The summed E-state index contributed by atoms with van der Waals surface area (Å²) in [6.07, 6.45) is 3.46. The average molecular weight is 424 g/mol. The minimum atomic E-state index is -0.0352. The number of carbonyl (C=O) groups is 1. The van der Waals surface area contributed by atoms with Crippen molar-refractivity contribution < 1.29 is 4.79 Å². The summed E-state index contributed by atoms with van der Waals surface area (Å²) in [5.74, 6) is 1.05. The maximum atomic E-state index is 13.8. The molecule has 6 nitrogen and oxygen atoms in total. The van der Waals surface area contributed by atoms with Gasteiger partial charge in [0.1, 0.15) is 5.82 Å². The number of rotatable bonds is 5. The van der Waals surface area contributed by atoms with Crippen LogP contribution in [-0.4, -0.2) is 35.0 Å². The molecule has 1 amide bonds. The first-order valence-electron chi connectivity index (χ1n) is 11.0. The first kappa shape index (κ1) is 20.2. The van der Waals surface area contributed by atoms with E-state index < -0.39 is 0 Å². The van der Waals surface area contributed by atoms with Crippen molar-refractivity contribution in [2.45, 2.75) is 18.9 Å². The molecule has 0 aliphatic carbocycles. The van der Waals surface area contributed by atoms with Crippen LogP contribution in [0.1, 0.15) is 23.2 Å². The monoisotopic (exact) mass is 423 g/mol. The third-order valence-electron chi connectivity index (χ3n) is 5.81. The summed E-state index contributed by atoms with van der Waals surface area (Å²) in [4.78, 5) is 24.7. The Morgan fingerprint density at radius 3 is 2.47 bits per heavy atom. The first-order valence-corrected chi connectivity index (χ1v) is 11.0. The van der Waals surface area contributed by atoms with Crippen molar-refractivity contribution in [2.75, 3.05) is 23.3 Å². The van der Waals surface area contributed by atoms with Crippen LogP contribution >= 0.6 is 0 Å². The van der Waals surface area contributed by atoms with Gasteiger partial charge in [-0.15, -0.1) is 0 Å². The van der Waals surface area contributed by atoms with Gasteiger partial charge in [-0.2, -0.15) is 4.98 Å². The number of aromatic nitrogens is 2. The normalized spacial score (nSPS) is 14.2. The summed E-state index contributed by atoms with van der Waals surface area (Å²) < 4.78 is 0. The quantitative estimate of drug-likeness (QED) is 0.484. The number of carbonyl (C=O) groups excluding carboxylic acids is 1. The van der Waals surface area contributed by atoms with Crippen molar-refractivity contribution in [1.29, 1.82) is 0 Å². The Labute approximate surface area is 187 Å². The van der Waals surface area contributed by atoms with Crippen LogP contribution < -0.4 is 15.5 Å². The highest BCUT2D eigenvalue weighted by Crippen LogP contribution is 2.25. The smallest absolute Gasteiger partial charge is 0.259 e. The number of piperidine rings is 1. The summed E-state index contributed by atoms with van der Waals surface area (Å²) in [5.41, 5.74) is 1.57.